The minimum Gasteiger partial charge on any atom is -0.506 e. The third-order valence-electron chi connectivity index (χ3n) is 9.04. The van der Waals surface area contributed by atoms with Gasteiger partial charge in [-0.2, -0.15) is 0 Å². The van der Waals surface area contributed by atoms with Gasteiger partial charge in [0, 0.05) is 50.1 Å². The summed E-state index contributed by atoms with van der Waals surface area (Å²) in [5, 5.41) is 16.2. The summed E-state index contributed by atoms with van der Waals surface area (Å²) in [5.41, 5.74) is 1.77. The molecule has 3 saturated heterocycles. The van der Waals surface area contributed by atoms with Gasteiger partial charge in [-0.3, -0.25) is 10.1 Å². The van der Waals surface area contributed by atoms with E-state index in [-0.39, 0.29) is 11.5 Å². The van der Waals surface area contributed by atoms with Crippen molar-refractivity contribution < 1.29 is 43.1 Å². The molecule has 10 nitrogen and oxygen atoms in total. The molecule has 2 bridgehead atoms. The third kappa shape index (κ3) is 2.85. The van der Waals surface area contributed by atoms with E-state index in [0.29, 0.717) is 66.9 Å². The van der Waals surface area contributed by atoms with Crippen molar-refractivity contribution in [3.05, 3.63) is 28.3 Å². The van der Waals surface area contributed by atoms with Gasteiger partial charge in [0.15, 0.2) is 11.3 Å². The molecule has 1 aliphatic carbocycles. The molecule has 4 atom stereocenters. The largest absolute Gasteiger partial charge is 0.506 e. The van der Waals surface area contributed by atoms with Gasteiger partial charge in [0.25, 0.3) is 0 Å². The minimum atomic E-state index is -1.35. The van der Waals surface area contributed by atoms with Gasteiger partial charge in [-0.1, -0.05) is 0 Å². The van der Waals surface area contributed by atoms with E-state index in [1.54, 1.807) is 21.3 Å². The summed E-state index contributed by atoms with van der Waals surface area (Å²) < 4.78 is 44.0. The molecular weight excluding hydrogens is 494 g/mol. The first-order chi connectivity index (χ1) is 18.4. The number of fused-ring (bicyclic) bond motifs is 8. The molecule has 5 aliphatic rings. The number of ether oxygens (including phenoxy) is 7. The maximum atomic E-state index is 13.0. The molecule has 0 saturated carbocycles. The maximum absolute atomic E-state index is 13.0. The normalized spacial score (nSPS) is 34.1. The summed E-state index contributed by atoms with van der Waals surface area (Å²) in [6.07, 6.45) is 1.60. The number of nitrogens with one attached hydrogen (secondary N) is 1. The third-order valence-corrected chi connectivity index (χ3v) is 9.04. The number of phenolic OH excluding ortho intramolecular Hbond substituents is 1. The Labute approximate surface area is 220 Å². The average molecular weight is 528 g/mol. The van der Waals surface area contributed by atoms with Crippen molar-refractivity contribution in [3.63, 3.8) is 0 Å². The second-order valence-electron chi connectivity index (χ2n) is 10.8. The number of Topliss-reactive ketones (excluding diaryl/α,β-unsaturated/α-hetero) is 1. The summed E-state index contributed by atoms with van der Waals surface area (Å²) in [5.74, 6) is -1.75. The lowest BCUT2D eigenvalue weighted by molar-refractivity contribution is -0.435. The predicted octanol–water partition coefficient (Wildman–Crippen LogP) is 3.03. The highest BCUT2D eigenvalue weighted by atomic mass is 16.8. The van der Waals surface area contributed by atoms with Gasteiger partial charge in [0.2, 0.25) is 17.9 Å². The molecule has 204 valence electrons. The van der Waals surface area contributed by atoms with Crippen LogP contribution in [0.4, 0.5) is 0 Å². The zero-order valence-electron chi connectivity index (χ0n) is 22.1. The van der Waals surface area contributed by atoms with Crippen molar-refractivity contribution in [1.29, 1.82) is 0 Å². The first-order valence-corrected chi connectivity index (χ1v) is 13.2. The zero-order valence-corrected chi connectivity index (χ0v) is 22.1. The zero-order chi connectivity index (χ0) is 26.4. The van der Waals surface area contributed by atoms with Crippen LogP contribution in [0.5, 0.6) is 17.2 Å². The Hall–Kier alpha value is -2.47. The molecule has 38 heavy (non-hydrogen) atoms. The van der Waals surface area contributed by atoms with Crippen LogP contribution < -0.4 is 14.8 Å². The molecule has 10 heteroatoms. The van der Waals surface area contributed by atoms with E-state index in [0.717, 1.165) is 29.5 Å². The molecule has 2 aromatic carbocycles. The Morgan fingerprint density at radius 2 is 1.87 bits per heavy atom. The Balaban J connectivity index is 1.50. The number of carbonyl (C=O) groups excluding carboxylic acids is 1. The van der Waals surface area contributed by atoms with Crippen molar-refractivity contribution >= 4 is 16.6 Å². The van der Waals surface area contributed by atoms with Crippen molar-refractivity contribution in [2.24, 2.45) is 0 Å². The summed E-state index contributed by atoms with van der Waals surface area (Å²) >= 11 is 0. The van der Waals surface area contributed by atoms with Crippen LogP contribution in [0.3, 0.4) is 0 Å². The fraction of sp³-hybridized carbons (Fsp3) is 0.607. The van der Waals surface area contributed by atoms with Gasteiger partial charge in [-0.25, -0.2) is 0 Å². The van der Waals surface area contributed by atoms with E-state index in [9.17, 15) is 9.90 Å². The van der Waals surface area contributed by atoms with E-state index < -0.39 is 29.5 Å². The number of methoxy groups -OCH3 is 3. The number of carbonyl (C=O) groups is 1. The van der Waals surface area contributed by atoms with Crippen molar-refractivity contribution in [1.82, 2.24) is 5.32 Å². The molecule has 3 fully saturated rings. The van der Waals surface area contributed by atoms with Gasteiger partial charge < -0.3 is 38.3 Å². The van der Waals surface area contributed by atoms with Crippen LogP contribution >= 0.6 is 0 Å². The Kier molecular flexibility index (Phi) is 5.34. The second-order valence-corrected chi connectivity index (χ2v) is 10.8. The Morgan fingerprint density at radius 1 is 1.11 bits per heavy atom. The fourth-order valence-electron chi connectivity index (χ4n) is 7.27. The predicted molar refractivity (Wildman–Crippen MR) is 134 cm³/mol. The fourth-order valence-corrected chi connectivity index (χ4v) is 7.27. The minimum absolute atomic E-state index is 0.0854. The molecule has 0 radical (unpaired) electrons. The van der Waals surface area contributed by atoms with Crippen molar-refractivity contribution in [2.75, 3.05) is 41.1 Å². The molecule has 4 heterocycles. The van der Waals surface area contributed by atoms with Crippen LogP contribution in [0, 0.1) is 6.92 Å². The number of ketones is 1. The van der Waals surface area contributed by atoms with Gasteiger partial charge in [0.05, 0.1) is 37.4 Å². The summed E-state index contributed by atoms with van der Waals surface area (Å²) in [6.45, 7) is 3.50. The van der Waals surface area contributed by atoms with Gasteiger partial charge in [-0.15, -0.1) is 0 Å². The van der Waals surface area contributed by atoms with Gasteiger partial charge in [0.1, 0.15) is 17.2 Å². The molecule has 2 N–H and O–H groups in total. The van der Waals surface area contributed by atoms with Crippen LogP contribution in [0.15, 0.2) is 6.07 Å². The maximum Gasteiger partial charge on any atom is 0.247 e. The molecule has 0 amide bonds. The lowest BCUT2D eigenvalue weighted by Gasteiger charge is -2.58. The molecule has 1 spiro atoms. The first kappa shape index (κ1) is 24.6. The number of hydrogen-bond acceptors (Lipinski definition) is 10. The molecule has 2 unspecified atom stereocenters. The van der Waals surface area contributed by atoms with Crippen molar-refractivity contribution in [2.45, 2.75) is 68.5 Å². The van der Waals surface area contributed by atoms with E-state index in [2.05, 4.69) is 5.32 Å². The molecular formula is C28H33NO9. The van der Waals surface area contributed by atoms with E-state index in [1.807, 2.05) is 13.0 Å². The SMILES string of the molecule is COc1c2c(c(O)c3c4c(c(C)cc13)C1C[C@@](OC)(O4)[C@@]3(CN3)C(OC)(C3OCCCO3)O1)C(=O)CCC2. The molecule has 0 aromatic heterocycles. The van der Waals surface area contributed by atoms with Crippen LogP contribution in [-0.4, -0.2) is 75.4 Å². The summed E-state index contributed by atoms with van der Waals surface area (Å²) in [7, 11) is 4.77. The summed E-state index contributed by atoms with van der Waals surface area (Å²) in [6, 6.07) is 1.97. The Bertz CT molecular complexity index is 1350. The van der Waals surface area contributed by atoms with Crippen LogP contribution in [0.25, 0.3) is 10.8 Å². The summed E-state index contributed by atoms with van der Waals surface area (Å²) in [4.78, 5) is 13.0. The highest BCUT2D eigenvalue weighted by Gasteiger charge is 2.82. The lowest BCUT2D eigenvalue weighted by Crippen LogP contribution is -2.76. The molecule has 2 aromatic rings. The van der Waals surface area contributed by atoms with E-state index in [1.165, 1.54) is 0 Å². The lowest BCUT2D eigenvalue weighted by atomic mass is 9.76. The number of rotatable bonds is 4. The highest BCUT2D eigenvalue weighted by Crippen LogP contribution is 2.63. The monoisotopic (exact) mass is 527 g/mol. The molecule has 7 rings (SSSR count). The Morgan fingerprint density at radius 3 is 2.53 bits per heavy atom. The highest BCUT2D eigenvalue weighted by molar-refractivity contribution is 6.11. The second kappa shape index (κ2) is 8.27. The van der Waals surface area contributed by atoms with Crippen LogP contribution in [0.1, 0.15) is 58.8 Å². The van der Waals surface area contributed by atoms with Crippen LogP contribution in [-0.2, 0) is 30.1 Å². The van der Waals surface area contributed by atoms with Crippen LogP contribution in [0.2, 0.25) is 0 Å². The number of phenols is 1. The average Bonchev–Trinajstić information content (AvgIpc) is 3.74. The number of aromatic hydroxyl groups is 1. The van der Waals surface area contributed by atoms with Crippen molar-refractivity contribution in [3.8, 4) is 17.2 Å². The number of benzene rings is 2. The number of hydrogen-bond donors (Lipinski definition) is 2. The quantitative estimate of drug-likeness (QED) is 0.574. The first-order valence-electron chi connectivity index (χ1n) is 13.2. The van der Waals surface area contributed by atoms with E-state index in [4.69, 9.17) is 33.2 Å². The number of aryl methyl sites for hydroxylation is 1. The van der Waals surface area contributed by atoms with Gasteiger partial charge >= 0.3 is 0 Å². The molecule has 4 aliphatic heterocycles. The van der Waals surface area contributed by atoms with Gasteiger partial charge in [-0.05, 0) is 37.8 Å². The standard InChI is InChI=1S/C28H33NO9/c1-14-11-16-21(22(31)20-15(23(16)32-2)7-5-8-17(20)30)24-19(14)18-12-27(33-3,38-24)26(13-29-26)28(34-4,37-18)25-35-9-6-10-36-25/h11,18,25,29,31H,5-10,12-13H2,1-4H3/t18?,26-,27+,28?/m0/s1. The van der Waals surface area contributed by atoms with E-state index >= 15 is 0 Å². The smallest absolute Gasteiger partial charge is 0.247 e. The topological polar surface area (TPSA) is 124 Å².